The van der Waals surface area contributed by atoms with E-state index in [0.29, 0.717) is 120 Å². The number of amides is 1. The number of esters is 2. The number of pyridine rings is 4. The first-order valence-corrected chi connectivity index (χ1v) is 45.4. The molecule has 0 bridgehead atoms. The van der Waals surface area contributed by atoms with Crippen LogP contribution in [0.1, 0.15) is 162 Å². The number of ether oxygens (including phenoxy) is 2. The second-order valence-corrected chi connectivity index (χ2v) is 37.6. The lowest BCUT2D eigenvalue weighted by atomic mass is 9.98. The Balaban J connectivity index is 0.000000182. The number of aliphatic hydroxyl groups excluding tert-OH is 2. The van der Waals surface area contributed by atoms with E-state index < -0.39 is 96.7 Å². The zero-order valence-corrected chi connectivity index (χ0v) is 73.4. The predicted octanol–water partition coefficient (Wildman–Crippen LogP) is 17.7. The second-order valence-electron chi connectivity index (χ2n) is 30.7. The molecule has 1 amide bonds. The summed E-state index contributed by atoms with van der Waals surface area (Å²) >= 11 is 13.6. The number of nitrogens with one attached hydrogen (secondary N) is 1. The predicted molar refractivity (Wildman–Crippen MR) is 496 cm³/mol. The number of benzene rings is 6. The van der Waals surface area contributed by atoms with Crippen LogP contribution in [0.25, 0.3) is 66.8 Å². The topological polar surface area (TPSA) is 392 Å². The number of rotatable bonds is 17. The minimum absolute atomic E-state index is 0. The molecule has 0 aliphatic carbocycles. The maximum atomic E-state index is 15.0. The maximum Gasteiger partial charge on any atom is 0.341 e. The van der Waals surface area contributed by atoms with Gasteiger partial charge in [0.25, 0.3) is 5.91 Å². The van der Waals surface area contributed by atoms with Crippen molar-refractivity contribution in [3.63, 3.8) is 0 Å². The quantitative estimate of drug-likeness (QED) is 0.0302. The number of thioether (sulfide) groups is 1. The summed E-state index contributed by atoms with van der Waals surface area (Å²) in [6.07, 6.45) is 17.7. The Kier molecular flexibility index (Phi) is 34.9. The molecule has 14 N–H and O–H groups in total. The molecular formula is C93H98Cl2F4N10O12S4. The van der Waals surface area contributed by atoms with Crippen LogP contribution in [0.3, 0.4) is 0 Å². The first kappa shape index (κ1) is 97.7. The Morgan fingerprint density at radius 2 is 0.800 bits per heavy atom. The summed E-state index contributed by atoms with van der Waals surface area (Å²) in [5.74, 6) is 0.227. The number of carbonyl (C=O) groups is 4. The smallest absolute Gasteiger partial charge is 0.341 e. The molecule has 22 nitrogen and oxygen atoms in total. The van der Waals surface area contributed by atoms with E-state index >= 15 is 0 Å². The number of aromatic carboxylic acids is 1. The standard InChI is InChI=1S/C25H23ClFN3O3S.C21H23FN2O3S.C21H23FN2O2S.C17H15FN2O3S.C8H10ClNO.CH4/c26-19-3-1-2-17(10-19)23(14-31)30-25(32)20-5-4-16(12-22(20)27)21-11-18(13-29-24(21)28)15-6-8-34(33)9-7-15;1-21(2,3)27-20(25)16-5-4-14(11-18(16)22)17-10-15(12-24-19(17)23)13-6-8-28(26)9-7-13;1-21(2,3)26-20(25)16-5-4-14(11-18(16)22)17-10-15(12-24-19(17)23)13-6-8-27-9-7-13;18-15-8-11(1-2-13(15)17(21)22)14-7-12(9-20-16(14)19)10-3-5-24(23)6-4-10;9-7-3-1-2-6(4-7)8(10)5-11;/h1-6,10-13,23,31H,7-9,14H2,(H2,28,29)(H,30,32);4-6,10-12H,7-9H2,1-3H3,(H2,23,24);4-6,10-12H,7-9H2,1-3H3,(H2,23,24);1-3,7-9H,4-6H2,(H2,19,20)(H,21,22);1-4,8,11H,5,10H2;1H4/t23-,34+;28-;;24-;8-;/m10.01./s1. The van der Waals surface area contributed by atoms with Crippen LogP contribution in [-0.4, -0.2) is 142 Å². The van der Waals surface area contributed by atoms with Crippen LogP contribution in [0.2, 0.25) is 10.0 Å². The van der Waals surface area contributed by atoms with Gasteiger partial charge in [-0.25, -0.2) is 51.9 Å². The summed E-state index contributed by atoms with van der Waals surface area (Å²) in [5, 5.41) is 31.1. The lowest BCUT2D eigenvalue weighted by Crippen LogP contribution is -2.31. The third-order valence-corrected chi connectivity index (χ3v) is 24.5. The Morgan fingerprint density at radius 1 is 0.464 bits per heavy atom. The molecule has 658 valence electrons. The van der Waals surface area contributed by atoms with E-state index in [9.17, 15) is 54.5 Å². The Bertz CT molecular complexity index is 5870. The number of anilines is 4. The number of nitrogens with two attached hydrogens (primary N) is 5. The second kappa shape index (κ2) is 44.7. The number of hydrogen-bond donors (Lipinski definition) is 9. The van der Waals surface area contributed by atoms with Crippen molar-refractivity contribution in [1.29, 1.82) is 0 Å². The molecule has 125 heavy (non-hydrogen) atoms. The fraction of sp³-hybridized carbons (Fsp3) is 0.269. The van der Waals surface area contributed by atoms with Crippen LogP contribution in [0.5, 0.6) is 0 Å². The summed E-state index contributed by atoms with van der Waals surface area (Å²) in [4.78, 5) is 64.9. The van der Waals surface area contributed by atoms with Gasteiger partial charge < -0.3 is 58.8 Å². The molecule has 0 fully saturated rings. The number of carbonyl (C=O) groups excluding carboxylic acids is 3. The van der Waals surface area contributed by atoms with Crippen LogP contribution in [0.15, 0.2) is 195 Å². The highest BCUT2D eigenvalue weighted by molar-refractivity contribution is 7.99. The van der Waals surface area contributed by atoms with Crippen molar-refractivity contribution >= 4 is 137 Å². The SMILES string of the molecule is C.CC(C)(C)OC(=O)c1ccc(-c2cc(C3=CCSCC3)cnc2N)cc1F.CC(C)(C)OC(=O)c1ccc(-c2cc(C3=CC[S@](=O)CC3)cnc2N)cc1F.N[C@H](CO)c1cccc(Cl)c1.Nc1ncc(C2=CC[S@](=O)CC2)cc1-c1ccc(C(=O)N[C@H](CO)c2cccc(Cl)c2)c(F)c1.Nc1ncc(C2=CC[S@](=O)CC2)cc1-c1ccc(C(=O)O)c(F)c1. The molecule has 0 saturated heterocycles. The number of nitrogens with zero attached hydrogens (tertiary/aromatic N) is 4. The zero-order chi connectivity index (χ0) is 89.9. The van der Waals surface area contributed by atoms with Crippen LogP contribution in [-0.2, 0) is 41.9 Å². The molecule has 32 heteroatoms. The van der Waals surface area contributed by atoms with Gasteiger partial charge >= 0.3 is 17.9 Å². The monoisotopic (exact) mass is 1820 g/mol. The average molecular weight is 1820 g/mol. The molecule has 5 atom stereocenters. The molecular weight excluding hydrogens is 1720 g/mol. The van der Waals surface area contributed by atoms with Crippen LogP contribution in [0, 0.1) is 23.3 Å². The van der Waals surface area contributed by atoms with Crippen molar-refractivity contribution in [1.82, 2.24) is 25.3 Å². The fourth-order valence-corrected chi connectivity index (χ4v) is 17.3. The number of hydrogen-bond acceptors (Lipinski definition) is 21. The molecule has 10 aromatic rings. The van der Waals surface area contributed by atoms with Crippen molar-refractivity contribution in [2.75, 3.05) is 82.2 Å². The first-order valence-electron chi connectivity index (χ1n) is 39.0. The Morgan fingerprint density at radius 3 is 1.10 bits per heavy atom. The maximum absolute atomic E-state index is 15.0. The number of halogens is 6. The molecule has 0 spiro atoms. The number of carboxylic acid groups (broad SMARTS) is 1. The van der Waals surface area contributed by atoms with Crippen LogP contribution >= 0.6 is 35.0 Å². The number of aliphatic hydroxyl groups is 2. The van der Waals surface area contributed by atoms with E-state index in [0.717, 1.165) is 68.5 Å². The molecule has 0 radical (unpaired) electrons. The number of nitrogen functional groups attached to an aromatic ring is 4. The summed E-state index contributed by atoms with van der Waals surface area (Å²) in [6.45, 7) is 9.98. The molecule has 4 aliphatic rings. The minimum Gasteiger partial charge on any atom is -0.478 e. The minimum atomic E-state index is -1.32. The fourth-order valence-electron chi connectivity index (χ4n) is 13.0. The highest BCUT2D eigenvalue weighted by Crippen LogP contribution is 2.38. The Hall–Kier alpha value is -11.1. The summed E-state index contributed by atoms with van der Waals surface area (Å²) in [6, 6.07) is 37.1. The zero-order valence-electron chi connectivity index (χ0n) is 68.6. The Labute approximate surface area is 745 Å². The molecule has 4 aliphatic heterocycles. The van der Waals surface area contributed by atoms with Gasteiger partial charge in [0, 0.05) is 130 Å². The number of aromatic nitrogens is 4. The van der Waals surface area contributed by atoms with Gasteiger partial charge in [-0.05, 0) is 248 Å². The van der Waals surface area contributed by atoms with E-state index in [2.05, 4.69) is 31.3 Å². The van der Waals surface area contributed by atoms with E-state index in [4.69, 9.17) is 71.6 Å². The van der Waals surface area contributed by atoms with E-state index in [-0.39, 0.29) is 66.4 Å². The van der Waals surface area contributed by atoms with Gasteiger partial charge in [0.2, 0.25) is 0 Å². The van der Waals surface area contributed by atoms with Gasteiger partial charge in [0.05, 0.1) is 47.6 Å². The largest absolute Gasteiger partial charge is 0.478 e. The molecule has 0 saturated carbocycles. The molecule has 4 aromatic heterocycles. The van der Waals surface area contributed by atoms with Crippen molar-refractivity contribution in [3.05, 3.63) is 284 Å². The molecule has 8 heterocycles. The van der Waals surface area contributed by atoms with Crippen LogP contribution in [0.4, 0.5) is 40.8 Å². The van der Waals surface area contributed by atoms with Gasteiger partial charge in [0.15, 0.2) is 0 Å². The third-order valence-electron chi connectivity index (χ3n) is 19.5. The van der Waals surface area contributed by atoms with Gasteiger partial charge in [-0.1, -0.05) is 103 Å². The van der Waals surface area contributed by atoms with Crippen molar-refractivity contribution in [3.8, 4) is 44.5 Å². The normalized spacial score (nSPS) is 16.0. The summed E-state index contributed by atoms with van der Waals surface area (Å²) in [7, 11) is -2.47. The van der Waals surface area contributed by atoms with Gasteiger partial charge in [-0.2, -0.15) is 11.8 Å². The average Bonchev–Trinajstić information content (AvgIpc) is 0.810. The highest BCUT2D eigenvalue weighted by Gasteiger charge is 2.27. The lowest BCUT2D eigenvalue weighted by Gasteiger charge is -2.20. The van der Waals surface area contributed by atoms with Gasteiger partial charge in [0.1, 0.15) is 57.7 Å². The highest BCUT2D eigenvalue weighted by atomic mass is 35.5. The molecule has 0 unspecified atom stereocenters. The van der Waals surface area contributed by atoms with Crippen molar-refractivity contribution in [2.45, 2.75) is 97.9 Å². The molecule has 14 rings (SSSR count). The van der Waals surface area contributed by atoms with E-state index in [1.54, 1.807) is 127 Å². The van der Waals surface area contributed by atoms with Gasteiger partial charge in [-0.3, -0.25) is 17.4 Å². The molecule has 6 aromatic carbocycles. The first-order chi connectivity index (χ1) is 58.9. The van der Waals surface area contributed by atoms with Crippen molar-refractivity contribution < 1.29 is 74.2 Å². The van der Waals surface area contributed by atoms with Gasteiger partial charge in [-0.15, -0.1) is 0 Å². The van der Waals surface area contributed by atoms with Crippen molar-refractivity contribution in [2.24, 2.45) is 5.73 Å². The van der Waals surface area contributed by atoms with Crippen LogP contribution < -0.4 is 34.0 Å². The third kappa shape index (κ3) is 27.5. The number of allylic oxidation sites excluding steroid dienone is 4. The number of carboxylic acids is 1. The summed E-state index contributed by atoms with van der Waals surface area (Å²) in [5.41, 5.74) is 41.1. The van der Waals surface area contributed by atoms with E-state index in [1.165, 1.54) is 54.1 Å². The lowest BCUT2D eigenvalue weighted by molar-refractivity contribution is 0.00518. The summed E-state index contributed by atoms with van der Waals surface area (Å²) < 4.78 is 103. The van der Waals surface area contributed by atoms with E-state index in [1.807, 2.05) is 60.3 Å².